The molecule has 7 nitrogen and oxygen atoms in total. The summed E-state index contributed by atoms with van der Waals surface area (Å²) in [4.78, 5) is 37.4. The number of carbonyl (C=O) groups is 3. The Labute approximate surface area is 133 Å². The Morgan fingerprint density at radius 3 is 2.91 bits per heavy atom. The van der Waals surface area contributed by atoms with Crippen molar-refractivity contribution in [3.05, 3.63) is 29.8 Å². The molecular formula is C16H18N2O5. The molecule has 122 valence electrons. The molecule has 2 aliphatic heterocycles. The summed E-state index contributed by atoms with van der Waals surface area (Å²) in [7, 11) is 0. The molecule has 2 unspecified atom stereocenters. The van der Waals surface area contributed by atoms with Crippen molar-refractivity contribution in [1.82, 2.24) is 4.90 Å². The van der Waals surface area contributed by atoms with Crippen molar-refractivity contribution in [1.29, 1.82) is 0 Å². The summed E-state index contributed by atoms with van der Waals surface area (Å²) in [5, 5.41) is 11.8. The summed E-state index contributed by atoms with van der Waals surface area (Å²) in [5.74, 6) is -1.96. The van der Waals surface area contributed by atoms with Crippen LogP contribution in [0.15, 0.2) is 24.3 Å². The van der Waals surface area contributed by atoms with E-state index in [0.29, 0.717) is 18.8 Å². The van der Waals surface area contributed by atoms with E-state index < -0.39 is 17.9 Å². The summed E-state index contributed by atoms with van der Waals surface area (Å²) in [5.41, 5.74) is 1.42. The minimum atomic E-state index is -0.972. The molecule has 0 spiro atoms. The predicted octanol–water partition coefficient (Wildman–Crippen LogP) is 0.814. The van der Waals surface area contributed by atoms with Crippen LogP contribution in [0.5, 0.6) is 0 Å². The van der Waals surface area contributed by atoms with E-state index in [2.05, 4.69) is 5.32 Å². The predicted molar refractivity (Wildman–Crippen MR) is 81.0 cm³/mol. The van der Waals surface area contributed by atoms with Gasteiger partial charge < -0.3 is 20.1 Å². The van der Waals surface area contributed by atoms with Crippen molar-refractivity contribution in [3.63, 3.8) is 0 Å². The zero-order valence-corrected chi connectivity index (χ0v) is 12.5. The third kappa shape index (κ3) is 3.19. The van der Waals surface area contributed by atoms with E-state index in [4.69, 9.17) is 9.84 Å². The quantitative estimate of drug-likeness (QED) is 0.860. The number of morpholine rings is 1. The van der Waals surface area contributed by atoms with Gasteiger partial charge in [0.2, 0.25) is 11.8 Å². The van der Waals surface area contributed by atoms with Gasteiger partial charge in [-0.2, -0.15) is 0 Å². The van der Waals surface area contributed by atoms with Crippen LogP contribution in [-0.2, 0) is 19.1 Å². The number of fused-ring (bicyclic) bond motifs is 1. The fourth-order valence-corrected chi connectivity index (χ4v) is 3.15. The molecule has 2 heterocycles. The van der Waals surface area contributed by atoms with Crippen molar-refractivity contribution < 1.29 is 24.2 Å². The lowest BCUT2D eigenvalue weighted by atomic mass is 9.88. The van der Waals surface area contributed by atoms with Crippen molar-refractivity contribution >= 4 is 23.5 Å². The number of hydrogen-bond donors (Lipinski definition) is 2. The summed E-state index contributed by atoms with van der Waals surface area (Å²) < 4.78 is 5.30. The van der Waals surface area contributed by atoms with Gasteiger partial charge in [-0.3, -0.25) is 14.4 Å². The number of carbonyl (C=O) groups excluding carboxylic acids is 2. The third-order valence-corrected chi connectivity index (χ3v) is 4.22. The lowest BCUT2D eigenvalue weighted by molar-refractivity contribution is -0.148. The molecule has 3 rings (SSSR count). The standard InChI is InChI=1S/C16H18N2O5/c19-14-8-12(11-3-1-2-4-13(11)17-14)16(22)18-5-6-23-9-10(18)7-15(20)21/h1-4,10,12H,5-9H2,(H,17,19)(H,20,21). The maximum atomic E-state index is 13.0. The zero-order valence-electron chi connectivity index (χ0n) is 12.5. The number of rotatable bonds is 3. The van der Waals surface area contributed by atoms with E-state index in [-0.39, 0.29) is 31.3 Å². The van der Waals surface area contributed by atoms with E-state index >= 15 is 0 Å². The zero-order chi connectivity index (χ0) is 16.4. The molecule has 0 bridgehead atoms. The van der Waals surface area contributed by atoms with Crippen LogP contribution in [-0.4, -0.2) is 53.6 Å². The number of carboxylic acid groups (broad SMARTS) is 1. The number of nitrogens with zero attached hydrogens (tertiary/aromatic N) is 1. The smallest absolute Gasteiger partial charge is 0.305 e. The topological polar surface area (TPSA) is 95.9 Å². The van der Waals surface area contributed by atoms with Gasteiger partial charge in [0, 0.05) is 18.7 Å². The minimum Gasteiger partial charge on any atom is -0.481 e. The number of para-hydroxylation sites is 1. The molecule has 2 amide bonds. The Morgan fingerprint density at radius 1 is 1.35 bits per heavy atom. The first-order valence-corrected chi connectivity index (χ1v) is 7.55. The van der Waals surface area contributed by atoms with Crippen LogP contribution < -0.4 is 5.32 Å². The maximum Gasteiger partial charge on any atom is 0.305 e. The van der Waals surface area contributed by atoms with Crippen molar-refractivity contribution in [2.45, 2.75) is 24.8 Å². The Kier molecular flexibility index (Phi) is 4.29. The van der Waals surface area contributed by atoms with Gasteiger partial charge in [-0.05, 0) is 11.6 Å². The molecule has 1 fully saturated rings. The molecule has 0 aromatic heterocycles. The fraction of sp³-hybridized carbons (Fsp3) is 0.438. The third-order valence-electron chi connectivity index (χ3n) is 4.22. The summed E-state index contributed by atoms with van der Waals surface area (Å²) in [6.45, 7) is 0.929. The van der Waals surface area contributed by atoms with Crippen LogP contribution in [0.4, 0.5) is 5.69 Å². The molecule has 1 aromatic carbocycles. The molecule has 2 atom stereocenters. The fourth-order valence-electron chi connectivity index (χ4n) is 3.15. The average molecular weight is 318 g/mol. The Balaban J connectivity index is 1.86. The number of carboxylic acids is 1. The first kappa shape index (κ1) is 15.5. The maximum absolute atomic E-state index is 13.0. The van der Waals surface area contributed by atoms with Crippen LogP contribution in [0.1, 0.15) is 24.3 Å². The molecule has 7 heteroatoms. The highest BCUT2D eigenvalue weighted by molar-refractivity contribution is 6.01. The summed E-state index contributed by atoms with van der Waals surface area (Å²) >= 11 is 0. The minimum absolute atomic E-state index is 0.0764. The van der Waals surface area contributed by atoms with Gasteiger partial charge in [0.15, 0.2) is 0 Å². The van der Waals surface area contributed by atoms with Crippen LogP contribution in [0, 0.1) is 0 Å². The van der Waals surface area contributed by atoms with Gasteiger partial charge in [-0.25, -0.2) is 0 Å². The first-order valence-electron chi connectivity index (χ1n) is 7.55. The van der Waals surface area contributed by atoms with Crippen LogP contribution in [0.3, 0.4) is 0 Å². The second-order valence-corrected chi connectivity index (χ2v) is 5.75. The number of benzene rings is 1. The molecule has 2 aliphatic rings. The normalized spacial score (nSPS) is 23.8. The molecule has 1 aromatic rings. The lowest BCUT2D eigenvalue weighted by Crippen LogP contribution is -2.51. The second-order valence-electron chi connectivity index (χ2n) is 5.75. The molecule has 23 heavy (non-hydrogen) atoms. The first-order chi connectivity index (χ1) is 11.1. The molecular weight excluding hydrogens is 300 g/mol. The van der Waals surface area contributed by atoms with Gasteiger partial charge in [0.05, 0.1) is 31.6 Å². The van der Waals surface area contributed by atoms with Crippen molar-refractivity contribution in [2.75, 3.05) is 25.1 Å². The number of aliphatic carboxylic acids is 1. The summed E-state index contributed by atoms with van der Waals surface area (Å²) in [6.07, 6.45) is -0.0840. The second kappa shape index (κ2) is 6.37. The van der Waals surface area contributed by atoms with E-state index in [9.17, 15) is 14.4 Å². The number of ether oxygens (including phenoxy) is 1. The average Bonchev–Trinajstić information content (AvgIpc) is 2.53. The van der Waals surface area contributed by atoms with Crippen LogP contribution in [0.25, 0.3) is 0 Å². The van der Waals surface area contributed by atoms with E-state index in [0.717, 1.165) is 5.56 Å². The molecule has 2 N–H and O–H groups in total. The van der Waals surface area contributed by atoms with Gasteiger partial charge in [-0.15, -0.1) is 0 Å². The van der Waals surface area contributed by atoms with Crippen LogP contribution in [0.2, 0.25) is 0 Å². The van der Waals surface area contributed by atoms with Crippen molar-refractivity contribution in [2.24, 2.45) is 0 Å². The monoisotopic (exact) mass is 318 g/mol. The SMILES string of the molecule is O=C(O)CC1COCCN1C(=O)C1CC(=O)Nc2ccccc21. The van der Waals surface area contributed by atoms with Gasteiger partial charge in [-0.1, -0.05) is 18.2 Å². The molecule has 0 aliphatic carbocycles. The molecule has 0 radical (unpaired) electrons. The number of nitrogens with one attached hydrogen (secondary N) is 1. The van der Waals surface area contributed by atoms with Crippen LogP contribution >= 0.6 is 0 Å². The van der Waals surface area contributed by atoms with Gasteiger partial charge >= 0.3 is 5.97 Å². The van der Waals surface area contributed by atoms with E-state index in [1.807, 2.05) is 12.1 Å². The van der Waals surface area contributed by atoms with Gasteiger partial charge in [0.1, 0.15) is 0 Å². The molecule has 0 saturated carbocycles. The Bertz CT molecular complexity index is 645. The van der Waals surface area contributed by atoms with E-state index in [1.165, 1.54) is 0 Å². The van der Waals surface area contributed by atoms with E-state index in [1.54, 1.807) is 17.0 Å². The highest BCUT2D eigenvalue weighted by Gasteiger charge is 2.37. The Hall–Kier alpha value is -2.41. The largest absolute Gasteiger partial charge is 0.481 e. The number of anilines is 1. The van der Waals surface area contributed by atoms with Crippen molar-refractivity contribution in [3.8, 4) is 0 Å². The number of amides is 2. The molecule has 1 saturated heterocycles. The Morgan fingerprint density at radius 2 is 2.13 bits per heavy atom. The highest BCUT2D eigenvalue weighted by atomic mass is 16.5. The summed E-state index contributed by atoms with van der Waals surface area (Å²) in [6, 6.07) is 6.72. The highest BCUT2D eigenvalue weighted by Crippen LogP contribution is 2.34. The number of hydrogen-bond acceptors (Lipinski definition) is 4. The van der Waals surface area contributed by atoms with Gasteiger partial charge in [0.25, 0.3) is 0 Å². The lowest BCUT2D eigenvalue weighted by Gasteiger charge is -2.38.